The fourth-order valence-corrected chi connectivity index (χ4v) is 3.20. The van der Waals surface area contributed by atoms with Gasteiger partial charge in [0, 0.05) is 12.5 Å². The van der Waals surface area contributed by atoms with Crippen LogP contribution in [0.25, 0.3) is 0 Å². The maximum atomic E-state index is 12.7. The van der Waals surface area contributed by atoms with Gasteiger partial charge in [-0.3, -0.25) is 9.48 Å². The maximum Gasteiger partial charge on any atom is 0.231 e. The molecule has 1 aromatic rings. The topological polar surface area (TPSA) is 72.9 Å². The first-order chi connectivity index (χ1) is 8.94. The van der Waals surface area contributed by atoms with Crippen LogP contribution in [-0.2, 0) is 11.8 Å². The van der Waals surface area contributed by atoms with Gasteiger partial charge in [0.1, 0.15) is 0 Å². The molecule has 2 rings (SSSR count). The molecule has 0 bridgehead atoms. The van der Waals surface area contributed by atoms with Gasteiger partial charge in [-0.15, -0.1) is 0 Å². The lowest BCUT2D eigenvalue weighted by Crippen LogP contribution is -2.35. The summed E-state index contributed by atoms with van der Waals surface area (Å²) in [5, 5.41) is 7.04. The van der Waals surface area contributed by atoms with Crippen LogP contribution in [-0.4, -0.2) is 15.7 Å². The van der Waals surface area contributed by atoms with E-state index in [9.17, 15) is 4.79 Å². The zero-order chi connectivity index (χ0) is 14.0. The van der Waals surface area contributed by atoms with Crippen LogP contribution in [0.15, 0.2) is 6.20 Å². The monoisotopic (exact) mass is 264 g/mol. The quantitative estimate of drug-likeness (QED) is 0.877. The lowest BCUT2D eigenvalue weighted by molar-refractivity contribution is -0.126. The number of carbonyl (C=O) groups is 1. The smallest absolute Gasteiger partial charge is 0.231 e. The van der Waals surface area contributed by atoms with Crippen LogP contribution in [0.2, 0.25) is 0 Å². The van der Waals surface area contributed by atoms with Gasteiger partial charge in [0.25, 0.3) is 0 Å². The SMILES string of the molecule is CC(C)CC1(C(=O)Nc2c(N)cnn2C)CCCC1. The molecular weight excluding hydrogens is 240 g/mol. The van der Waals surface area contributed by atoms with Crippen LogP contribution in [0, 0.1) is 11.3 Å². The molecule has 1 amide bonds. The molecule has 1 aliphatic rings. The highest BCUT2D eigenvalue weighted by Gasteiger charge is 2.41. The molecule has 5 nitrogen and oxygen atoms in total. The third kappa shape index (κ3) is 2.74. The molecule has 1 fully saturated rings. The summed E-state index contributed by atoms with van der Waals surface area (Å²) in [5.74, 6) is 1.24. The molecule has 3 N–H and O–H groups in total. The molecular formula is C14H24N4O. The van der Waals surface area contributed by atoms with Crippen molar-refractivity contribution in [2.24, 2.45) is 18.4 Å². The van der Waals surface area contributed by atoms with Crippen molar-refractivity contribution in [1.29, 1.82) is 0 Å². The largest absolute Gasteiger partial charge is 0.394 e. The number of nitrogens with two attached hydrogens (primary N) is 1. The fraction of sp³-hybridized carbons (Fsp3) is 0.714. The number of nitrogens with one attached hydrogen (secondary N) is 1. The summed E-state index contributed by atoms with van der Waals surface area (Å²) < 4.78 is 1.62. The molecule has 5 heteroatoms. The average molecular weight is 264 g/mol. The second kappa shape index (κ2) is 5.23. The number of rotatable bonds is 4. The van der Waals surface area contributed by atoms with E-state index in [4.69, 9.17) is 5.73 Å². The molecule has 1 aromatic heterocycles. The molecule has 0 aliphatic heterocycles. The van der Waals surface area contributed by atoms with Gasteiger partial charge in [0.15, 0.2) is 5.82 Å². The van der Waals surface area contributed by atoms with Crippen molar-refractivity contribution in [2.75, 3.05) is 11.1 Å². The summed E-state index contributed by atoms with van der Waals surface area (Å²) in [7, 11) is 1.79. The van der Waals surface area contributed by atoms with E-state index >= 15 is 0 Å². The van der Waals surface area contributed by atoms with Gasteiger partial charge in [0.2, 0.25) is 5.91 Å². The van der Waals surface area contributed by atoms with E-state index in [1.807, 2.05) is 0 Å². The minimum absolute atomic E-state index is 0.106. The van der Waals surface area contributed by atoms with Crippen molar-refractivity contribution < 1.29 is 4.79 Å². The van der Waals surface area contributed by atoms with E-state index in [1.165, 1.54) is 0 Å². The third-order valence-electron chi connectivity index (χ3n) is 4.04. The summed E-state index contributed by atoms with van der Waals surface area (Å²) in [6.07, 6.45) is 6.75. The number of aromatic nitrogens is 2. The minimum atomic E-state index is -0.217. The maximum absolute atomic E-state index is 12.7. The number of aryl methyl sites for hydroxylation is 1. The lowest BCUT2D eigenvalue weighted by atomic mass is 9.77. The van der Waals surface area contributed by atoms with Gasteiger partial charge in [0.05, 0.1) is 11.9 Å². The number of amides is 1. The van der Waals surface area contributed by atoms with E-state index in [1.54, 1.807) is 17.9 Å². The summed E-state index contributed by atoms with van der Waals surface area (Å²) in [4.78, 5) is 12.7. The normalized spacial score (nSPS) is 17.9. The van der Waals surface area contributed by atoms with Crippen LogP contribution in [0.5, 0.6) is 0 Å². The first-order valence-corrected chi connectivity index (χ1v) is 7.03. The number of nitrogens with zero attached hydrogens (tertiary/aromatic N) is 2. The summed E-state index contributed by atoms with van der Waals surface area (Å²) >= 11 is 0. The molecule has 0 atom stereocenters. The number of anilines is 2. The Labute approximate surface area is 114 Å². The molecule has 1 heterocycles. The number of hydrogen-bond acceptors (Lipinski definition) is 3. The van der Waals surface area contributed by atoms with Gasteiger partial charge < -0.3 is 11.1 Å². The zero-order valence-corrected chi connectivity index (χ0v) is 12.1. The van der Waals surface area contributed by atoms with Crippen LogP contribution < -0.4 is 11.1 Å². The summed E-state index contributed by atoms with van der Waals surface area (Å²) in [6.45, 7) is 4.34. The van der Waals surface area contributed by atoms with Crippen molar-refractivity contribution in [3.8, 4) is 0 Å². The molecule has 19 heavy (non-hydrogen) atoms. The van der Waals surface area contributed by atoms with Crippen molar-refractivity contribution in [1.82, 2.24) is 9.78 Å². The summed E-state index contributed by atoms with van der Waals surface area (Å²) in [5.41, 5.74) is 6.14. The van der Waals surface area contributed by atoms with Crippen LogP contribution >= 0.6 is 0 Å². The highest BCUT2D eigenvalue weighted by Crippen LogP contribution is 2.44. The van der Waals surface area contributed by atoms with Crippen molar-refractivity contribution in [2.45, 2.75) is 46.0 Å². The highest BCUT2D eigenvalue weighted by atomic mass is 16.2. The predicted octanol–water partition coefficient (Wildman–Crippen LogP) is 2.55. The number of hydrogen-bond donors (Lipinski definition) is 2. The molecule has 1 saturated carbocycles. The predicted molar refractivity (Wildman–Crippen MR) is 76.6 cm³/mol. The Hall–Kier alpha value is -1.52. The van der Waals surface area contributed by atoms with Crippen molar-refractivity contribution in [3.63, 3.8) is 0 Å². The molecule has 1 aliphatic carbocycles. The molecule has 0 unspecified atom stereocenters. The standard InChI is InChI=1S/C14H24N4O/c1-10(2)8-14(6-4-5-7-14)13(19)17-12-11(15)9-16-18(12)3/h9-10H,4-8,15H2,1-3H3,(H,17,19). The first kappa shape index (κ1) is 13.9. The highest BCUT2D eigenvalue weighted by molar-refractivity contribution is 5.96. The Morgan fingerprint density at radius 3 is 2.63 bits per heavy atom. The molecule has 0 aromatic carbocycles. The van der Waals surface area contributed by atoms with Crippen molar-refractivity contribution in [3.05, 3.63) is 6.20 Å². The van der Waals surface area contributed by atoms with Gasteiger partial charge in [-0.25, -0.2) is 0 Å². The zero-order valence-electron chi connectivity index (χ0n) is 12.1. The number of nitrogen functional groups attached to an aromatic ring is 1. The van der Waals surface area contributed by atoms with Gasteiger partial charge in [-0.2, -0.15) is 5.10 Å². The Kier molecular flexibility index (Phi) is 3.83. The summed E-state index contributed by atoms with van der Waals surface area (Å²) in [6, 6.07) is 0. The second-order valence-electron chi connectivity index (χ2n) is 6.11. The molecule has 106 valence electrons. The Bertz CT molecular complexity index is 439. The minimum Gasteiger partial charge on any atom is -0.394 e. The first-order valence-electron chi connectivity index (χ1n) is 7.03. The van der Waals surface area contributed by atoms with Gasteiger partial charge in [-0.1, -0.05) is 26.7 Å². The van der Waals surface area contributed by atoms with E-state index in [-0.39, 0.29) is 11.3 Å². The van der Waals surface area contributed by atoms with Gasteiger partial charge in [-0.05, 0) is 25.2 Å². The van der Waals surface area contributed by atoms with Crippen LogP contribution in [0.1, 0.15) is 46.0 Å². The van der Waals surface area contributed by atoms with Crippen LogP contribution in [0.3, 0.4) is 0 Å². The second-order valence-corrected chi connectivity index (χ2v) is 6.11. The molecule has 0 spiro atoms. The Morgan fingerprint density at radius 2 is 2.16 bits per heavy atom. The fourth-order valence-electron chi connectivity index (χ4n) is 3.20. The average Bonchev–Trinajstić information content (AvgIpc) is 2.91. The van der Waals surface area contributed by atoms with E-state index in [2.05, 4.69) is 24.3 Å². The Balaban J connectivity index is 2.17. The molecule has 0 saturated heterocycles. The Morgan fingerprint density at radius 1 is 1.53 bits per heavy atom. The van der Waals surface area contributed by atoms with Crippen molar-refractivity contribution >= 4 is 17.4 Å². The van der Waals surface area contributed by atoms with Crippen LogP contribution in [0.4, 0.5) is 11.5 Å². The number of carbonyl (C=O) groups excluding carboxylic acids is 1. The third-order valence-corrected chi connectivity index (χ3v) is 4.04. The van der Waals surface area contributed by atoms with E-state index in [0.29, 0.717) is 17.4 Å². The van der Waals surface area contributed by atoms with E-state index < -0.39 is 0 Å². The van der Waals surface area contributed by atoms with E-state index in [0.717, 1.165) is 32.1 Å². The lowest BCUT2D eigenvalue weighted by Gasteiger charge is -2.29. The molecule has 0 radical (unpaired) electrons. The van der Waals surface area contributed by atoms with Gasteiger partial charge >= 0.3 is 0 Å².